The summed E-state index contributed by atoms with van der Waals surface area (Å²) < 4.78 is 6.73. The molecule has 1 unspecified atom stereocenters. The van der Waals surface area contributed by atoms with Crippen LogP contribution in [0.15, 0.2) is 52.8 Å². The first-order valence-corrected chi connectivity index (χ1v) is 10.8. The lowest BCUT2D eigenvalue weighted by atomic mass is 10.1. The number of carbonyl (C=O) groups is 1. The topological polar surface area (TPSA) is 88.2 Å². The number of amides is 1. The summed E-state index contributed by atoms with van der Waals surface area (Å²) >= 11 is 1.50. The van der Waals surface area contributed by atoms with Gasteiger partial charge in [0, 0.05) is 18.7 Å². The van der Waals surface area contributed by atoms with Crippen LogP contribution in [0.4, 0.5) is 0 Å². The van der Waals surface area contributed by atoms with E-state index in [1.807, 2.05) is 24.3 Å². The molecule has 1 fully saturated rings. The molecule has 2 aromatic heterocycles. The number of carbonyl (C=O) groups excluding carboxylic acids is 1. The van der Waals surface area contributed by atoms with Crippen molar-refractivity contribution in [3.05, 3.63) is 69.7 Å². The quantitative estimate of drug-likeness (QED) is 0.535. The van der Waals surface area contributed by atoms with Crippen LogP contribution in [0, 0.1) is 0 Å². The molecule has 1 atom stereocenters. The first-order valence-electron chi connectivity index (χ1n) is 9.89. The van der Waals surface area contributed by atoms with E-state index in [4.69, 9.17) is 4.74 Å². The Hall–Kier alpha value is -3.10. The van der Waals surface area contributed by atoms with Gasteiger partial charge in [-0.2, -0.15) is 0 Å². The maximum absolute atomic E-state index is 13.4. The number of hydrogen-bond donors (Lipinski definition) is 1. The number of ether oxygens (including phenoxy) is 1. The van der Waals surface area contributed by atoms with Crippen molar-refractivity contribution >= 4 is 38.4 Å². The zero-order valence-electron chi connectivity index (χ0n) is 16.2. The van der Waals surface area contributed by atoms with Crippen LogP contribution in [-0.2, 0) is 11.3 Å². The molecule has 3 heterocycles. The van der Waals surface area contributed by atoms with Gasteiger partial charge in [-0.15, -0.1) is 11.3 Å². The van der Waals surface area contributed by atoms with Gasteiger partial charge in [-0.1, -0.05) is 12.1 Å². The molecular formula is C22H20N4O3S. The van der Waals surface area contributed by atoms with Gasteiger partial charge in [-0.25, -0.2) is 9.97 Å². The number of hydrogen-bond acceptors (Lipinski definition) is 6. The largest absolute Gasteiger partial charge is 0.376 e. The van der Waals surface area contributed by atoms with E-state index in [1.54, 1.807) is 28.6 Å². The van der Waals surface area contributed by atoms with Gasteiger partial charge in [0.15, 0.2) is 0 Å². The fraction of sp³-hybridized carbons (Fsp3) is 0.273. The van der Waals surface area contributed by atoms with Crippen molar-refractivity contribution in [2.45, 2.75) is 25.5 Å². The van der Waals surface area contributed by atoms with Crippen LogP contribution in [-0.4, -0.2) is 45.0 Å². The summed E-state index contributed by atoms with van der Waals surface area (Å²) in [5.41, 5.74) is 3.65. The lowest BCUT2D eigenvalue weighted by Gasteiger charge is -2.25. The summed E-state index contributed by atoms with van der Waals surface area (Å²) in [6.07, 6.45) is 1.90. The van der Waals surface area contributed by atoms with Gasteiger partial charge in [-0.05, 0) is 43.2 Å². The molecule has 0 saturated carbocycles. The molecule has 5 rings (SSSR count). The zero-order chi connectivity index (χ0) is 20.5. The van der Waals surface area contributed by atoms with Crippen LogP contribution >= 0.6 is 11.3 Å². The van der Waals surface area contributed by atoms with Crippen molar-refractivity contribution in [2.24, 2.45) is 0 Å². The highest BCUT2D eigenvalue weighted by Crippen LogP contribution is 2.22. The fourth-order valence-corrected chi connectivity index (χ4v) is 4.53. The number of fused-ring (bicyclic) bond motifs is 2. The number of para-hydroxylation sites is 1. The van der Waals surface area contributed by atoms with Crippen LogP contribution in [0.5, 0.6) is 0 Å². The highest BCUT2D eigenvalue weighted by molar-refractivity contribution is 7.16. The molecule has 8 heteroatoms. The Bertz CT molecular complexity index is 1280. The summed E-state index contributed by atoms with van der Waals surface area (Å²) in [4.78, 5) is 39.2. The molecule has 30 heavy (non-hydrogen) atoms. The van der Waals surface area contributed by atoms with Gasteiger partial charge in [0.05, 0.1) is 39.3 Å². The fourth-order valence-electron chi connectivity index (χ4n) is 3.81. The zero-order valence-corrected chi connectivity index (χ0v) is 17.0. The summed E-state index contributed by atoms with van der Waals surface area (Å²) in [5.74, 6) is 0.348. The minimum Gasteiger partial charge on any atom is -0.376 e. The Morgan fingerprint density at radius 3 is 3.00 bits per heavy atom. The van der Waals surface area contributed by atoms with Gasteiger partial charge < -0.3 is 14.6 Å². The SMILES string of the molecule is O=C(c1ccc2ncsc2c1)N(Cc1nc2ccccc2c(=O)[nH]1)CC1CCCO1. The van der Waals surface area contributed by atoms with Crippen molar-refractivity contribution in [1.29, 1.82) is 0 Å². The second-order valence-electron chi connectivity index (χ2n) is 7.39. The number of H-pyrrole nitrogens is 1. The number of nitrogens with one attached hydrogen (secondary N) is 1. The van der Waals surface area contributed by atoms with E-state index in [-0.39, 0.29) is 24.1 Å². The molecule has 7 nitrogen and oxygen atoms in total. The van der Waals surface area contributed by atoms with Crippen LogP contribution in [0.25, 0.3) is 21.1 Å². The molecule has 4 aromatic rings. The molecule has 0 bridgehead atoms. The van der Waals surface area contributed by atoms with E-state index in [2.05, 4.69) is 15.0 Å². The number of aromatic amines is 1. The highest BCUT2D eigenvalue weighted by atomic mass is 32.1. The Balaban J connectivity index is 1.48. The molecule has 0 spiro atoms. The molecule has 1 N–H and O–H groups in total. The van der Waals surface area contributed by atoms with E-state index in [1.165, 1.54) is 11.3 Å². The monoisotopic (exact) mass is 420 g/mol. The Morgan fingerprint density at radius 2 is 2.13 bits per heavy atom. The van der Waals surface area contributed by atoms with Gasteiger partial charge in [0.25, 0.3) is 11.5 Å². The molecule has 2 aromatic carbocycles. The molecule has 1 amide bonds. The van der Waals surface area contributed by atoms with Crippen LogP contribution in [0.3, 0.4) is 0 Å². The van der Waals surface area contributed by atoms with E-state index in [0.29, 0.717) is 35.4 Å². The maximum Gasteiger partial charge on any atom is 0.258 e. The number of benzene rings is 2. The van der Waals surface area contributed by atoms with E-state index in [9.17, 15) is 9.59 Å². The smallest absolute Gasteiger partial charge is 0.258 e. The van der Waals surface area contributed by atoms with Crippen molar-refractivity contribution < 1.29 is 9.53 Å². The van der Waals surface area contributed by atoms with E-state index in [0.717, 1.165) is 23.1 Å². The van der Waals surface area contributed by atoms with Gasteiger partial charge in [0.2, 0.25) is 0 Å². The summed E-state index contributed by atoms with van der Waals surface area (Å²) in [7, 11) is 0. The van der Waals surface area contributed by atoms with E-state index >= 15 is 0 Å². The average Bonchev–Trinajstić information content (AvgIpc) is 3.44. The predicted molar refractivity (Wildman–Crippen MR) is 116 cm³/mol. The van der Waals surface area contributed by atoms with Crippen molar-refractivity contribution in [2.75, 3.05) is 13.2 Å². The Morgan fingerprint density at radius 1 is 1.23 bits per heavy atom. The van der Waals surface area contributed by atoms with Crippen molar-refractivity contribution in [3.8, 4) is 0 Å². The van der Waals surface area contributed by atoms with Gasteiger partial charge in [0.1, 0.15) is 5.82 Å². The molecule has 1 saturated heterocycles. The molecule has 1 aliphatic heterocycles. The lowest BCUT2D eigenvalue weighted by molar-refractivity contribution is 0.0501. The van der Waals surface area contributed by atoms with Gasteiger partial charge in [-0.3, -0.25) is 9.59 Å². The molecule has 1 aliphatic rings. The Kier molecular flexibility index (Phi) is 5.02. The minimum absolute atomic E-state index is 0.00624. The normalized spacial score (nSPS) is 16.3. The van der Waals surface area contributed by atoms with Crippen molar-refractivity contribution in [1.82, 2.24) is 19.9 Å². The minimum atomic E-state index is -0.203. The second-order valence-corrected chi connectivity index (χ2v) is 8.27. The standard InChI is InChI=1S/C22H20N4O3S/c27-21-16-5-1-2-6-17(16)24-20(25-21)12-26(11-15-4-3-9-29-15)22(28)14-7-8-18-19(10-14)30-13-23-18/h1-2,5-8,10,13,15H,3-4,9,11-12H2,(H,24,25,27). The van der Waals surface area contributed by atoms with Crippen LogP contribution < -0.4 is 5.56 Å². The predicted octanol–water partition coefficient (Wildman–Crippen LogP) is 3.35. The highest BCUT2D eigenvalue weighted by Gasteiger charge is 2.25. The summed E-state index contributed by atoms with van der Waals surface area (Å²) in [5, 5.41) is 0.536. The number of nitrogens with zero attached hydrogens (tertiary/aromatic N) is 3. The molecular weight excluding hydrogens is 400 g/mol. The third kappa shape index (κ3) is 3.71. The molecule has 152 valence electrons. The summed E-state index contributed by atoms with van der Waals surface area (Å²) in [6, 6.07) is 12.7. The maximum atomic E-state index is 13.4. The first kappa shape index (κ1) is 18.9. The molecule has 0 aliphatic carbocycles. The van der Waals surface area contributed by atoms with Crippen LogP contribution in [0.2, 0.25) is 0 Å². The summed E-state index contributed by atoms with van der Waals surface area (Å²) in [6.45, 7) is 1.38. The van der Waals surface area contributed by atoms with E-state index < -0.39 is 0 Å². The molecule has 0 radical (unpaired) electrons. The number of aromatic nitrogens is 3. The second kappa shape index (κ2) is 7.97. The Labute approximate surface area is 176 Å². The van der Waals surface area contributed by atoms with Gasteiger partial charge >= 0.3 is 0 Å². The van der Waals surface area contributed by atoms with Crippen molar-refractivity contribution in [3.63, 3.8) is 0 Å². The third-order valence-electron chi connectivity index (χ3n) is 5.32. The first-order chi connectivity index (χ1) is 14.7. The third-order valence-corrected chi connectivity index (χ3v) is 6.11. The lowest BCUT2D eigenvalue weighted by Crippen LogP contribution is -2.37. The van der Waals surface area contributed by atoms with Crippen LogP contribution in [0.1, 0.15) is 29.0 Å². The average molecular weight is 420 g/mol. The number of rotatable bonds is 5. The number of thiazole rings is 1.